The van der Waals surface area contributed by atoms with Crippen LogP contribution in [-0.2, 0) is 10.0 Å². The van der Waals surface area contributed by atoms with Crippen molar-refractivity contribution in [2.24, 2.45) is 0 Å². The Morgan fingerprint density at radius 1 is 1.26 bits per heavy atom. The Kier molecular flexibility index (Phi) is 6.81. The van der Waals surface area contributed by atoms with Gasteiger partial charge in [-0.15, -0.1) is 0 Å². The molecule has 0 spiro atoms. The molecule has 1 aromatic heterocycles. The Hall–Kier alpha value is -3.12. The number of rotatable bonds is 9. The van der Waals surface area contributed by atoms with E-state index < -0.39 is 21.6 Å². The summed E-state index contributed by atoms with van der Waals surface area (Å²) in [7, 11) is -3.73. The summed E-state index contributed by atoms with van der Waals surface area (Å²) in [6.07, 6.45) is 1.39. The minimum absolute atomic E-state index is 0.0255. The number of carbonyl (C=O) groups is 1. The summed E-state index contributed by atoms with van der Waals surface area (Å²) in [4.78, 5) is 17.1. The van der Waals surface area contributed by atoms with Crippen LogP contribution in [0.25, 0.3) is 6.08 Å². The van der Waals surface area contributed by atoms with Crippen LogP contribution in [0.4, 0.5) is 21.0 Å². The molecule has 31 heavy (non-hydrogen) atoms. The van der Waals surface area contributed by atoms with E-state index in [1.165, 1.54) is 42.5 Å². The van der Waals surface area contributed by atoms with Crippen molar-refractivity contribution in [1.29, 1.82) is 0 Å². The van der Waals surface area contributed by atoms with Gasteiger partial charge in [0.05, 0.1) is 17.1 Å². The molecule has 5 N–H and O–H groups in total. The minimum Gasteiger partial charge on any atom is -0.395 e. The van der Waals surface area contributed by atoms with Crippen molar-refractivity contribution >= 4 is 49.9 Å². The molecule has 0 amide bonds. The molecule has 3 rings (SSSR count). The fraction of sp³-hybridized carbons (Fsp3) is 0.100. The number of aliphatic hydroxyl groups excluding tert-OH is 1. The maximum absolute atomic E-state index is 14.3. The first kappa shape index (κ1) is 22.6. The molecular formula is C20H19FN4O4S2. The third-order valence-electron chi connectivity index (χ3n) is 4.17. The zero-order valence-corrected chi connectivity index (χ0v) is 17.8. The Bertz CT molecular complexity index is 1220. The monoisotopic (exact) mass is 462 g/mol. The van der Waals surface area contributed by atoms with E-state index in [9.17, 15) is 17.6 Å². The fourth-order valence-corrected chi connectivity index (χ4v) is 4.59. The van der Waals surface area contributed by atoms with E-state index in [1.54, 1.807) is 6.07 Å². The summed E-state index contributed by atoms with van der Waals surface area (Å²) in [6.45, 7) is 3.20. The number of thiazole rings is 1. The Labute approximate surface area is 182 Å². The molecule has 0 atom stereocenters. The van der Waals surface area contributed by atoms with Crippen LogP contribution in [0.5, 0.6) is 0 Å². The lowest BCUT2D eigenvalue weighted by Gasteiger charge is -2.07. The first-order valence-electron chi connectivity index (χ1n) is 8.96. The third kappa shape index (κ3) is 4.97. The summed E-state index contributed by atoms with van der Waals surface area (Å²) < 4.78 is 40.6. The van der Waals surface area contributed by atoms with Crippen LogP contribution >= 0.6 is 11.3 Å². The zero-order valence-electron chi connectivity index (χ0n) is 16.1. The topological polar surface area (TPSA) is 134 Å². The maximum Gasteiger partial charge on any atom is 0.240 e. The Balaban J connectivity index is 1.82. The Morgan fingerprint density at radius 3 is 2.61 bits per heavy atom. The van der Waals surface area contributed by atoms with Crippen molar-refractivity contribution in [2.75, 3.05) is 24.2 Å². The molecule has 0 aliphatic rings. The highest BCUT2D eigenvalue weighted by Crippen LogP contribution is 2.31. The number of hydrogen-bond acceptors (Lipinski definition) is 8. The summed E-state index contributed by atoms with van der Waals surface area (Å²) in [5.41, 5.74) is 6.60. The number of aromatic nitrogens is 1. The lowest BCUT2D eigenvalue weighted by molar-refractivity contribution is 0.103. The predicted molar refractivity (Wildman–Crippen MR) is 118 cm³/mol. The normalized spacial score (nSPS) is 11.3. The SMILES string of the molecule is C=Cc1cccc(F)c1C(=O)c1sc(Nc2ccc(S(=O)(=O)NCCO)cc2)nc1N. The summed E-state index contributed by atoms with van der Waals surface area (Å²) in [5.74, 6) is -1.34. The first-order valence-corrected chi connectivity index (χ1v) is 11.3. The molecule has 0 saturated heterocycles. The summed E-state index contributed by atoms with van der Waals surface area (Å²) >= 11 is 0.950. The number of nitrogens with zero attached hydrogens (tertiary/aromatic N) is 1. The van der Waals surface area contributed by atoms with E-state index in [4.69, 9.17) is 10.8 Å². The van der Waals surface area contributed by atoms with E-state index in [2.05, 4.69) is 21.6 Å². The average molecular weight is 463 g/mol. The van der Waals surface area contributed by atoms with Crippen LogP contribution in [0, 0.1) is 5.82 Å². The highest BCUT2D eigenvalue weighted by Gasteiger charge is 2.23. The largest absolute Gasteiger partial charge is 0.395 e. The van der Waals surface area contributed by atoms with E-state index in [0.29, 0.717) is 11.3 Å². The quantitative estimate of drug-likeness (QED) is 0.359. The number of benzene rings is 2. The van der Waals surface area contributed by atoms with Gasteiger partial charge in [-0.05, 0) is 35.9 Å². The summed E-state index contributed by atoms with van der Waals surface area (Å²) in [6, 6.07) is 10.0. The number of nitrogens with one attached hydrogen (secondary N) is 2. The zero-order chi connectivity index (χ0) is 22.6. The second-order valence-corrected chi connectivity index (χ2v) is 9.01. The number of anilines is 3. The van der Waals surface area contributed by atoms with Crippen molar-refractivity contribution in [3.05, 3.63) is 70.9 Å². The molecule has 0 aliphatic carbocycles. The highest BCUT2D eigenvalue weighted by atomic mass is 32.2. The van der Waals surface area contributed by atoms with Crippen molar-refractivity contribution in [2.45, 2.75) is 4.90 Å². The lowest BCUT2D eigenvalue weighted by Crippen LogP contribution is -2.26. The molecule has 1 heterocycles. The van der Waals surface area contributed by atoms with Gasteiger partial charge >= 0.3 is 0 Å². The summed E-state index contributed by atoms with van der Waals surface area (Å²) in [5, 5.41) is 12.0. The van der Waals surface area contributed by atoms with E-state index in [0.717, 1.165) is 11.3 Å². The van der Waals surface area contributed by atoms with Gasteiger partial charge in [0.15, 0.2) is 5.13 Å². The number of nitrogens with two attached hydrogens (primary N) is 1. The second kappa shape index (κ2) is 9.35. The molecule has 0 saturated carbocycles. The van der Waals surface area contributed by atoms with E-state index >= 15 is 0 Å². The number of aliphatic hydroxyl groups is 1. The van der Waals surface area contributed by atoms with Crippen molar-refractivity contribution in [3.63, 3.8) is 0 Å². The Morgan fingerprint density at radius 2 is 1.97 bits per heavy atom. The molecule has 2 aromatic carbocycles. The van der Waals surface area contributed by atoms with Gasteiger partial charge in [-0.3, -0.25) is 4.79 Å². The fourth-order valence-electron chi connectivity index (χ4n) is 2.72. The minimum atomic E-state index is -3.73. The van der Waals surface area contributed by atoms with Gasteiger partial charge in [0, 0.05) is 12.2 Å². The standard InChI is InChI=1S/C20H19FN4O4S2/c1-2-12-4-3-5-15(21)16(12)17(27)18-19(22)25-20(30-18)24-13-6-8-14(9-7-13)31(28,29)23-10-11-26/h2-9,23,26H,1,10-11,22H2,(H,24,25). The second-order valence-electron chi connectivity index (χ2n) is 6.24. The van der Waals surface area contributed by atoms with Crippen molar-refractivity contribution in [3.8, 4) is 0 Å². The van der Waals surface area contributed by atoms with Gasteiger partial charge < -0.3 is 16.2 Å². The van der Waals surface area contributed by atoms with Crippen molar-refractivity contribution in [1.82, 2.24) is 9.71 Å². The molecular weight excluding hydrogens is 443 g/mol. The van der Waals surface area contributed by atoms with Gasteiger partial charge in [-0.2, -0.15) is 0 Å². The van der Waals surface area contributed by atoms with Crippen LogP contribution in [0.1, 0.15) is 20.8 Å². The van der Waals surface area contributed by atoms with Gasteiger partial charge in [-0.1, -0.05) is 36.1 Å². The smallest absolute Gasteiger partial charge is 0.240 e. The van der Waals surface area contributed by atoms with Crippen LogP contribution in [-0.4, -0.2) is 37.4 Å². The van der Waals surface area contributed by atoms with Gasteiger partial charge in [0.2, 0.25) is 15.8 Å². The number of halogens is 1. The molecule has 0 unspecified atom stereocenters. The number of nitrogen functional groups attached to an aromatic ring is 1. The lowest BCUT2D eigenvalue weighted by atomic mass is 10.0. The number of hydrogen-bond donors (Lipinski definition) is 4. The number of carbonyl (C=O) groups excluding carboxylic acids is 1. The van der Waals surface area contributed by atoms with Gasteiger partial charge in [0.25, 0.3) is 0 Å². The predicted octanol–water partition coefficient (Wildman–Crippen LogP) is 2.75. The highest BCUT2D eigenvalue weighted by molar-refractivity contribution is 7.89. The van der Waals surface area contributed by atoms with Crippen molar-refractivity contribution < 1.29 is 22.7 Å². The first-order chi connectivity index (χ1) is 14.8. The van der Waals surface area contributed by atoms with Crippen LogP contribution in [0.15, 0.2) is 53.9 Å². The van der Waals surface area contributed by atoms with Gasteiger partial charge in [-0.25, -0.2) is 22.5 Å². The van der Waals surface area contributed by atoms with E-state index in [-0.39, 0.29) is 39.4 Å². The third-order valence-corrected chi connectivity index (χ3v) is 6.63. The number of ketones is 1. The molecule has 11 heteroatoms. The van der Waals surface area contributed by atoms with Crippen LogP contribution < -0.4 is 15.8 Å². The molecule has 0 radical (unpaired) electrons. The molecule has 8 nitrogen and oxygen atoms in total. The molecule has 3 aromatic rings. The average Bonchev–Trinajstić information content (AvgIpc) is 3.12. The molecule has 0 aliphatic heterocycles. The molecule has 0 bridgehead atoms. The van der Waals surface area contributed by atoms with Crippen LogP contribution in [0.3, 0.4) is 0 Å². The van der Waals surface area contributed by atoms with Crippen LogP contribution in [0.2, 0.25) is 0 Å². The van der Waals surface area contributed by atoms with E-state index in [1.807, 2.05) is 0 Å². The van der Waals surface area contributed by atoms with Gasteiger partial charge in [0.1, 0.15) is 16.5 Å². The molecule has 162 valence electrons. The maximum atomic E-state index is 14.3. The number of sulfonamides is 1. The molecule has 0 fully saturated rings.